The lowest BCUT2D eigenvalue weighted by Crippen LogP contribution is -2.37. The van der Waals surface area contributed by atoms with Crippen LogP contribution in [0, 0.1) is 0 Å². The number of benzene rings is 1. The molecule has 0 fully saturated rings. The molecule has 1 aromatic heterocycles. The molecule has 1 aliphatic heterocycles. The summed E-state index contributed by atoms with van der Waals surface area (Å²) in [6.45, 7) is 0.225. The van der Waals surface area contributed by atoms with E-state index in [1.807, 2.05) is 6.07 Å². The third kappa shape index (κ3) is 3.00. The minimum atomic E-state index is -0.322. The summed E-state index contributed by atoms with van der Waals surface area (Å²) < 4.78 is 5.52. The molecule has 3 rings (SSSR count). The van der Waals surface area contributed by atoms with Gasteiger partial charge in [0.2, 0.25) is 16.9 Å². The van der Waals surface area contributed by atoms with Gasteiger partial charge >= 0.3 is 0 Å². The van der Waals surface area contributed by atoms with E-state index in [0.717, 1.165) is 0 Å². The molecule has 0 unspecified atom stereocenters. The number of amides is 2. The molecule has 0 saturated carbocycles. The number of nitrogens with zero attached hydrogens (tertiary/aromatic N) is 3. The van der Waals surface area contributed by atoms with Gasteiger partial charge < -0.3 is 4.74 Å². The first-order valence-electron chi connectivity index (χ1n) is 6.32. The topological polar surface area (TPSA) is 84.4 Å². The molecule has 0 saturated heterocycles. The van der Waals surface area contributed by atoms with Gasteiger partial charge in [-0.1, -0.05) is 23.5 Å². The molecule has 1 aliphatic rings. The van der Waals surface area contributed by atoms with Gasteiger partial charge in [0.1, 0.15) is 17.8 Å². The second-order valence-electron chi connectivity index (χ2n) is 4.34. The van der Waals surface area contributed by atoms with Crippen LogP contribution in [0.15, 0.2) is 29.8 Å². The average molecular weight is 304 g/mol. The van der Waals surface area contributed by atoms with E-state index in [9.17, 15) is 9.59 Å². The Balaban J connectivity index is 1.79. The summed E-state index contributed by atoms with van der Waals surface area (Å²) in [5, 5.41) is 10.4. The van der Waals surface area contributed by atoms with Crippen LogP contribution in [0.4, 0.5) is 10.8 Å². The van der Waals surface area contributed by atoms with Gasteiger partial charge in [0.25, 0.3) is 0 Å². The fourth-order valence-electron chi connectivity index (χ4n) is 2.02. The van der Waals surface area contributed by atoms with Crippen LogP contribution < -0.4 is 15.0 Å². The van der Waals surface area contributed by atoms with Crippen molar-refractivity contribution in [3.8, 4) is 5.75 Å². The Morgan fingerprint density at radius 1 is 1.43 bits per heavy atom. The maximum atomic E-state index is 12.2. The average Bonchev–Trinajstić information content (AvgIpc) is 2.92. The van der Waals surface area contributed by atoms with Crippen molar-refractivity contribution in [2.75, 3.05) is 23.4 Å². The summed E-state index contributed by atoms with van der Waals surface area (Å²) in [7, 11) is 0. The van der Waals surface area contributed by atoms with E-state index in [-0.39, 0.29) is 24.8 Å². The van der Waals surface area contributed by atoms with Crippen molar-refractivity contribution in [2.45, 2.75) is 6.42 Å². The van der Waals surface area contributed by atoms with Crippen molar-refractivity contribution in [1.29, 1.82) is 0 Å². The van der Waals surface area contributed by atoms with Gasteiger partial charge in [-0.2, -0.15) is 0 Å². The van der Waals surface area contributed by atoms with Crippen molar-refractivity contribution in [2.24, 2.45) is 0 Å². The highest BCUT2D eigenvalue weighted by atomic mass is 32.1. The number of anilines is 2. The molecule has 21 heavy (non-hydrogen) atoms. The zero-order valence-corrected chi connectivity index (χ0v) is 11.8. The number of ether oxygens (including phenoxy) is 1. The van der Waals surface area contributed by atoms with Gasteiger partial charge in [-0.3, -0.25) is 19.8 Å². The van der Waals surface area contributed by atoms with Crippen molar-refractivity contribution >= 4 is 34.0 Å². The van der Waals surface area contributed by atoms with E-state index in [2.05, 4.69) is 15.5 Å². The maximum absolute atomic E-state index is 12.2. The molecule has 2 amide bonds. The number of aromatic nitrogens is 2. The molecule has 7 nitrogen and oxygen atoms in total. The van der Waals surface area contributed by atoms with E-state index in [4.69, 9.17) is 4.74 Å². The van der Waals surface area contributed by atoms with Gasteiger partial charge in [0.05, 0.1) is 18.7 Å². The summed E-state index contributed by atoms with van der Waals surface area (Å²) in [4.78, 5) is 25.6. The highest BCUT2D eigenvalue weighted by molar-refractivity contribution is 7.13. The molecule has 108 valence electrons. The third-order valence-electron chi connectivity index (χ3n) is 2.94. The lowest BCUT2D eigenvalue weighted by molar-refractivity contribution is -0.121. The summed E-state index contributed by atoms with van der Waals surface area (Å²) in [5.74, 6) is 0.135. The predicted octanol–water partition coefficient (Wildman–Crippen LogP) is 1.29. The first kappa shape index (κ1) is 13.5. The first-order valence-corrected chi connectivity index (χ1v) is 7.20. The Kier molecular flexibility index (Phi) is 3.78. The van der Waals surface area contributed by atoms with Crippen LogP contribution in [0.5, 0.6) is 5.75 Å². The molecule has 1 aromatic carbocycles. The third-order valence-corrected chi connectivity index (χ3v) is 3.55. The molecule has 0 bridgehead atoms. The zero-order valence-electron chi connectivity index (χ0n) is 11.0. The Labute approximate surface area is 124 Å². The maximum Gasteiger partial charge on any atom is 0.246 e. The fourth-order valence-corrected chi connectivity index (χ4v) is 2.48. The van der Waals surface area contributed by atoms with Crippen LogP contribution in [-0.4, -0.2) is 35.2 Å². The van der Waals surface area contributed by atoms with Gasteiger partial charge in [-0.25, -0.2) is 0 Å². The molecule has 8 heteroatoms. The minimum Gasteiger partial charge on any atom is -0.491 e. The number of fused-ring (bicyclic) bond motifs is 1. The van der Waals surface area contributed by atoms with Gasteiger partial charge in [0, 0.05) is 0 Å². The first-order chi connectivity index (χ1) is 10.2. The monoisotopic (exact) mass is 304 g/mol. The largest absolute Gasteiger partial charge is 0.491 e. The summed E-state index contributed by atoms with van der Waals surface area (Å²) in [6.07, 6.45) is 0.237. The number of hydrogen-bond donors (Lipinski definition) is 1. The molecule has 0 aliphatic carbocycles. The van der Waals surface area contributed by atoms with Crippen molar-refractivity contribution in [3.63, 3.8) is 0 Å². The Morgan fingerprint density at radius 3 is 3.10 bits per heavy atom. The van der Waals surface area contributed by atoms with Crippen LogP contribution in [0.2, 0.25) is 0 Å². The van der Waals surface area contributed by atoms with Crippen LogP contribution in [0.1, 0.15) is 6.42 Å². The number of rotatable bonds is 3. The summed E-state index contributed by atoms with van der Waals surface area (Å²) in [5.41, 5.74) is 2.13. The number of carbonyl (C=O) groups is 2. The summed E-state index contributed by atoms with van der Waals surface area (Å²) >= 11 is 1.22. The smallest absolute Gasteiger partial charge is 0.246 e. The SMILES string of the molecule is O=C(CN1C(=O)CCOc2ccccc21)Nc1nncs1. The Morgan fingerprint density at radius 2 is 2.29 bits per heavy atom. The predicted molar refractivity (Wildman–Crippen MR) is 77.4 cm³/mol. The van der Waals surface area contributed by atoms with Crippen LogP contribution in [0.3, 0.4) is 0 Å². The second-order valence-corrected chi connectivity index (χ2v) is 5.17. The standard InChI is InChI=1S/C13H12N4O3S/c18-11(15-13-16-14-8-21-13)7-17-9-3-1-2-4-10(9)20-6-5-12(17)19/h1-4,8H,5-7H2,(H,15,16,18). The number of hydrogen-bond acceptors (Lipinski definition) is 6. The quantitative estimate of drug-likeness (QED) is 0.923. The molecule has 1 N–H and O–H groups in total. The van der Waals surface area contributed by atoms with Crippen molar-refractivity contribution in [3.05, 3.63) is 29.8 Å². The van der Waals surface area contributed by atoms with Crippen molar-refractivity contribution in [1.82, 2.24) is 10.2 Å². The lowest BCUT2D eigenvalue weighted by Gasteiger charge is -2.20. The normalized spacial score (nSPS) is 14.1. The molecule has 2 heterocycles. The molecule has 0 radical (unpaired) electrons. The molecule has 2 aromatic rings. The highest BCUT2D eigenvalue weighted by Crippen LogP contribution is 2.30. The molecular formula is C13H12N4O3S. The van der Waals surface area contributed by atoms with E-state index >= 15 is 0 Å². The number of para-hydroxylation sites is 2. The van der Waals surface area contributed by atoms with Crippen molar-refractivity contribution < 1.29 is 14.3 Å². The molecular weight excluding hydrogens is 292 g/mol. The van der Waals surface area contributed by atoms with E-state index in [0.29, 0.717) is 23.2 Å². The Hall–Kier alpha value is -2.48. The summed E-state index contributed by atoms with van der Waals surface area (Å²) in [6, 6.07) is 7.17. The Bertz CT molecular complexity index is 659. The number of carbonyl (C=O) groups excluding carboxylic acids is 2. The van der Waals surface area contributed by atoms with Gasteiger partial charge in [0.15, 0.2) is 0 Å². The van der Waals surface area contributed by atoms with Crippen LogP contribution in [0.25, 0.3) is 0 Å². The van der Waals surface area contributed by atoms with E-state index in [1.165, 1.54) is 21.7 Å². The van der Waals surface area contributed by atoms with E-state index in [1.54, 1.807) is 18.2 Å². The van der Waals surface area contributed by atoms with Gasteiger partial charge in [-0.15, -0.1) is 10.2 Å². The zero-order chi connectivity index (χ0) is 14.7. The minimum absolute atomic E-state index is 0.0845. The molecule has 0 spiro atoms. The van der Waals surface area contributed by atoms with Gasteiger partial charge in [-0.05, 0) is 12.1 Å². The second kappa shape index (κ2) is 5.88. The molecule has 0 atom stereocenters. The van der Waals surface area contributed by atoms with Crippen LogP contribution >= 0.6 is 11.3 Å². The van der Waals surface area contributed by atoms with E-state index < -0.39 is 0 Å². The number of nitrogens with one attached hydrogen (secondary N) is 1. The lowest BCUT2D eigenvalue weighted by atomic mass is 10.2. The highest BCUT2D eigenvalue weighted by Gasteiger charge is 2.25. The van der Waals surface area contributed by atoms with Crippen LogP contribution in [-0.2, 0) is 9.59 Å². The fraction of sp³-hybridized carbons (Fsp3) is 0.231.